The van der Waals surface area contributed by atoms with Gasteiger partial charge in [-0.05, 0) is 47.9 Å². The fourth-order valence-corrected chi connectivity index (χ4v) is 5.74. The van der Waals surface area contributed by atoms with Crippen molar-refractivity contribution in [3.05, 3.63) is 70.7 Å². The normalized spacial score (nSPS) is 22.0. The van der Waals surface area contributed by atoms with Crippen molar-refractivity contribution in [2.75, 3.05) is 13.2 Å². The number of hydrogen-bond donors (Lipinski definition) is 2. The first-order chi connectivity index (χ1) is 16.2. The quantitative estimate of drug-likeness (QED) is 0.595. The lowest BCUT2D eigenvalue weighted by molar-refractivity contribution is 0.0932. The molecule has 0 radical (unpaired) electrons. The van der Waals surface area contributed by atoms with Gasteiger partial charge in [-0.2, -0.15) is 5.10 Å². The van der Waals surface area contributed by atoms with Gasteiger partial charge in [-0.1, -0.05) is 19.9 Å². The molecule has 1 amide bonds. The van der Waals surface area contributed by atoms with Crippen LogP contribution in [-0.2, 0) is 5.41 Å². The topological polar surface area (TPSA) is 101 Å². The van der Waals surface area contributed by atoms with Gasteiger partial charge in [0, 0.05) is 6.54 Å². The molecule has 1 aromatic carbocycles. The number of nitrogens with zero attached hydrogens (tertiary/aromatic N) is 4. The summed E-state index contributed by atoms with van der Waals surface area (Å²) in [7, 11) is 0. The number of aliphatic hydroxyl groups is 1. The van der Waals surface area contributed by atoms with E-state index in [-0.39, 0.29) is 41.8 Å². The predicted octanol–water partition coefficient (Wildman–Crippen LogP) is 3.28. The summed E-state index contributed by atoms with van der Waals surface area (Å²) in [6, 6.07) is 5.22. The van der Waals surface area contributed by atoms with Crippen LogP contribution >= 0.6 is 0 Å². The lowest BCUT2D eigenvalue weighted by Crippen LogP contribution is -2.40. The van der Waals surface area contributed by atoms with E-state index < -0.39 is 34.2 Å². The first-order valence-electron chi connectivity index (χ1n) is 11.0. The van der Waals surface area contributed by atoms with E-state index in [1.54, 1.807) is 6.07 Å². The number of nitrogens with one attached hydrogen (secondary N) is 1. The fraction of sp³-hybridized carbons (Fsp3) is 0.375. The van der Waals surface area contributed by atoms with Gasteiger partial charge < -0.3 is 10.4 Å². The number of hydrogen-bond acceptors (Lipinski definition) is 6. The SMILES string of the molecule is CC1(C)[C@H]2CC[C@@]1(c1nc(C(=O)NCCO)ncc1F)c1nnc(-c3c(F)cccc3F)cc12. The highest BCUT2D eigenvalue weighted by atomic mass is 19.1. The van der Waals surface area contributed by atoms with E-state index in [9.17, 15) is 13.6 Å². The number of carbonyl (C=O) groups excluding carboxylic acids is 1. The number of halogens is 3. The lowest BCUT2D eigenvalue weighted by atomic mass is 9.66. The third kappa shape index (κ3) is 2.97. The molecule has 176 valence electrons. The summed E-state index contributed by atoms with van der Waals surface area (Å²) >= 11 is 0. The average molecular weight is 469 g/mol. The van der Waals surface area contributed by atoms with Crippen molar-refractivity contribution in [1.29, 1.82) is 0 Å². The molecule has 7 nitrogen and oxygen atoms in total. The van der Waals surface area contributed by atoms with Gasteiger partial charge in [0.15, 0.2) is 5.82 Å². The number of carbonyl (C=O) groups is 1. The summed E-state index contributed by atoms with van der Waals surface area (Å²) in [5.41, 5.74) is -0.470. The average Bonchev–Trinajstić information content (AvgIpc) is 3.18. The van der Waals surface area contributed by atoms with Crippen molar-refractivity contribution in [1.82, 2.24) is 25.5 Å². The third-order valence-corrected chi connectivity index (χ3v) is 7.35. The van der Waals surface area contributed by atoms with Gasteiger partial charge in [-0.25, -0.2) is 23.1 Å². The molecule has 5 rings (SSSR count). The van der Waals surface area contributed by atoms with E-state index in [0.717, 1.165) is 23.9 Å². The molecule has 0 spiro atoms. The highest BCUT2D eigenvalue weighted by molar-refractivity contribution is 5.90. The van der Waals surface area contributed by atoms with Crippen molar-refractivity contribution in [2.45, 2.75) is 38.0 Å². The number of amides is 1. The van der Waals surface area contributed by atoms with Crippen molar-refractivity contribution in [2.24, 2.45) is 5.41 Å². The molecule has 2 N–H and O–H groups in total. The van der Waals surface area contributed by atoms with Gasteiger partial charge in [0.1, 0.15) is 11.6 Å². The lowest BCUT2D eigenvalue weighted by Gasteiger charge is -2.37. The Morgan fingerprint density at radius 2 is 1.88 bits per heavy atom. The second kappa shape index (κ2) is 7.83. The summed E-state index contributed by atoms with van der Waals surface area (Å²) in [6.45, 7) is 3.70. The van der Waals surface area contributed by atoms with Crippen LogP contribution in [0.2, 0.25) is 0 Å². The minimum Gasteiger partial charge on any atom is -0.395 e. The molecule has 0 unspecified atom stereocenters. The maximum Gasteiger partial charge on any atom is 0.289 e. The third-order valence-electron chi connectivity index (χ3n) is 7.35. The predicted molar refractivity (Wildman–Crippen MR) is 115 cm³/mol. The van der Waals surface area contributed by atoms with E-state index >= 15 is 4.39 Å². The smallest absolute Gasteiger partial charge is 0.289 e. The molecule has 0 aliphatic heterocycles. The highest BCUT2D eigenvalue weighted by Crippen LogP contribution is 2.69. The van der Waals surface area contributed by atoms with E-state index in [2.05, 4.69) is 25.5 Å². The molecular formula is C24H22F3N5O2. The van der Waals surface area contributed by atoms with Crippen molar-refractivity contribution >= 4 is 5.91 Å². The van der Waals surface area contributed by atoms with Gasteiger partial charge in [-0.15, -0.1) is 5.10 Å². The highest BCUT2D eigenvalue weighted by Gasteiger charge is 2.66. The van der Waals surface area contributed by atoms with Crippen LogP contribution in [0, 0.1) is 22.9 Å². The molecule has 1 fully saturated rings. The Morgan fingerprint density at radius 1 is 1.15 bits per heavy atom. The van der Waals surface area contributed by atoms with Gasteiger partial charge in [0.25, 0.3) is 5.91 Å². The molecule has 34 heavy (non-hydrogen) atoms. The van der Waals surface area contributed by atoms with E-state index in [0.29, 0.717) is 18.5 Å². The summed E-state index contributed by atoms with van der Waals surface area (Å²) in [6.07, 6.45) is 2.16. The number of aliphatic hydroxyl groups excluding tert-OH is 1. The zero-order valence-electron chi connectivity index (χ0n) is 18.6. The Balaban J connectivity index is 1.67. The Labute approximate surface area is 193 Å². The molecule has 2 atom stereocenters. The van der Waals surface area contributed by atoms with Crippen molar-refractivity contribution < 1.29 is 23.1 Å². The molecular weight excluding hydrogens is 447 g/mol. The number of benzene rings is 1. The minimum atomic E-state index is -0.995. The Morgan fingerprint density at radius 3 is 2.59 bits per heavy atom. The van der Waals surface area contributed by atoms with Crippen LogP contribution in [0.3, 0.4) is 0 Å². The maximum absolute atomic E-state index is 15.2. The maximum atomic E-state index is 15.2. The van der Waals surface area contributed by atoms with Crippen molar-refractivity contribution in [3.8, 4) is 11.3 Å². The second-order valence-corrected chi connectivity index (χ2v) is 9.22. The molecule has 2 aliphatic rings. The molecule has 0 saturated heterocycles. The molecule has 10 heteroatoms. The van der Waals surface area contributed by atoms with Gasteiger partial charge >= 0.3 is 0 Å². The van der Waals surface area contributed by atoms with E-state index in [4.69, 9.17) is 5.11 Å². The van der Waals surface area contributed by atoms with Crippen LogP contribution in [0.1, 0.15) is 60.2 Å². The largest absolute Gasteiger partial charge is 0.395 e. The molecule has 2 bridgehead atoms. The summed E-state index contributed by atoms with van der Waals surface area (Å²) in [5.74, 6) is -3.09. The van der Waals surface area contributed by atoms with Crippen LogP contribution in [-0.4, -0.2) is 44.3 Å². The number of aromatic nitrogens is 4. The molecule has 1 saturated carbocycles. The van der Waals surface area contributed by atoms with Crippen LogP contribution in [0.15, 0.2) is 30.5 Å². The molecule has 2 aliphatic carbocycles. The number of rotatable bonds is 5. The van der Waals surface area contributed by atoms with Gasteiger partial charge in [-0.3, -0.25) is 4.79 Å². The molecule has 2 aromatic heterocycles. The minimum absolute atomic E-state index is 0.0112. The molecule has 2 heterocycles. The standard InChI is InChI=1S/C24H22F3N5O2/c1-23(2)13-6-7-24(23,20-16(27)11-29-21(30-20)22(34)28-8-9-33)19-12(13)10-17(31-32-19)18-14(25)4-3-5-15(18)26/h3-5,10-11,13,33H,6-9H2,1-2H3,(H,28,34)/t13-,24-/m0/s1. The first kappa shape index (κ1) is 22.4. The first-order valence-corrected chi connectivity index (χ1v) is 11.0. The zero-order chi connectivity index (χ0) is 24.3. The van der Waals surface area contributed by atoms with Crippen LogP contribution in [0.4, 0.5) is 13.2 Å². The van der Waals surface area contributed by atoms with E-state index in [1.165, 1.54) is 6.07 Å². The number of fused-ring (bicyclic) bond motifs is 5. The second-order valence-electron chi connectivity index (χ2n) is 9.22. The Kier molecular flexibility index (Phi) is 5.16. The van der Waals surface area contributed by atoms with Crippen LogP contribution in [0.25, 0.3) is 11.3 Å². The summed E-state index contributed by atoms with van der Waals surface area (Å²) < 4.78 is 44.0. The Bertz CT molecular complexity index is 1300. The zero-order valence-corrected chi connectivity index (χ0v) is 18.6. The Hall–Kier alpha value is -3.40. The monoisotopic (exact) mass is 469 g/mol. The van der Waals surface area contributed by atoms with Crippen LogP contribution < -0.4 is 5.32 Å². The summed E-state index contributed by atoms with van der Waals surface area (Å²) in [5, 5.41) is 19.9. The van der Waals surface area contributed by atoms with Crippen LogP contribution in [0.5, 0.6) is 0 Å². The molecule has 3 aromatic rings. The van der Waals surface area contributed by atoms with Gasteiger partial charge in [0.2, 0.25) is 5.82 Å². The fourth-order valence-electron chi connectivity index (χ4n) is 5.74. The summed E-state index contributed by atoms with van der Waals surface area (Å²) in [4.78, 5) is 20.5. The van der Waals surface area contributed by atoms with E-state index in [1.807, 2.05) is 13.8 Å². The van der Waals surface area contributed by atoms with Gasteiger partial charge in [0.05, 0.1) is 40.9 Å². The van der Waals surface area contributed by atoms with Crippen molar-refractivity contribution in [3.63, 3.8) is 0 Å².